The smallest absolute Gasteiger partial charge is 0.270 e. The van der Waals surface area contributed by atoms with Crippen molar-refractivity contribution in [1.82, 2.24) is 10.3 Å². The van der Waals surface area contributed by atoms with Crippen LogP contribution in [0, 0.1) is 17.2 Å². The molecule has 162 valence electrons. The van der Waals surface area contributed by atoms with E-state index in [4.69, 9.17) is 0 Å². The van der Waals surface area contributed by atoms with Crippen LogP contribution in [-0.4, -0.2) is 59.6 Å². The number of aromatic nitrogens is 1. The number of amides is 1. The van der Waals surface area contributed by atoms with Crippen molar-refractivity contribution >= 4 is 32.4 Å². The van der Waals surface area contributed by atoms with Gasteiger partial charge in [0.25, 0.3) is 5.91 Å². The maximum Gasteiger partial charge on any atom is 0.270 e. The molecule has 10 nitrogen and oxygen atoms in total. The molecule has 0 fully saturated rings. The molecule has 30 heavy (non-hydrogen) atoms. The first kappa shape index (κ1) is 23.6. The van der Waals surface area contributed by atoms with Gasteiger partial charge in [0.05, 0.1) is 30.5 Å². The number of benzene rings is 1. The molecule has 12 heteroatoms. The summed E-state index contributed by atoms with van der Waals surface area (Å²) in [6, 6.07) is 8.42. The summed E-state index contributed by atoms with van der Waals surface area (Å²) < 4.78 is 24.5. The molecule has 0 spiro atoms. The van der Waals surface area contributed by atoms with Crippen molar-refractivity contribution in [2.24, 2.45) is 5.92 Å². The van der Waals surface area contributed by atoms with Gasteiger partial charge in [0, 0.05) is 11.9 Å². The molecule has 0 aliphatic heterocycles. The van der Waals surface area contributed by atoms with E-state index in [9.17, 15) is 33.8 Å². The largest absolute Gasteiger partial charge is 0.508 e. The van der Waals surface area contributed by atoms with E-state index in [1.54, 1.807) is 12.1 Å². The Labute approximate surface area is 177 Å². The fourth-order valence-corrected chi connectivity index (χ4v) is 4.10. The van der Waals surface area contributed by atoms with Crippen molar-refractivity contribution in [3.63, 3.8) is 0 Å². The van der Waals surface area contributed by atoms with Gasteiger partial charge in [-0.15, -0.1) is 11.3 Å². The number of nitrogens with one attached hydrogen (secondary N) is 2. The maximum absolute atomic E-state index is 12.1. The van der Waals surface area contributed by atoms with Crippen molar-refractivity contribution in [1.29, 1.82) is 5.26 Å². The summed E-state index contributed by atoms with van der Waals surface area (Å²) in [7, 11) is -3.51. The van der Waals surface area contributed by atoms with Crippen molar-refractivity contribution < 1.29 is 28.5 Å². The lowest BCUT2D eigenvalue weighted by Gasteiger charge is -2.20. The molecule has 0 bridgehead atoms. The van der Waals surface area contributed by atoms with Gasteiger partial charge in [-0.1, -0.05) is 12.1 Å². The number of hydrogen-bond donors (Lipinski definition) is 5. The number of hydrogen-bond acceptors (Lipinski definition) is 9. The Bertz CT molecular complexity index is 1000. The third-order valence-electron chi connectivity index (χ3n) is 4.05. The van der Waals surface area contributed by atoms with Crippen molar-refractivity contribution in [3.8, 4) is 11.8 Å². The molecule has 5 N–H and O–H groups in total. The fourth-order valence-electron chi connectivity index (χ4n) is 2.55. The summed E-state index contributed by atoms with van der Waals surface area (Å²) in [6.45, 7) is -0.274. The Morgan fingerprint density at radius 1 is 1.27 bits per heavy atom. The average molecular weight is 455 g/mol. The van der Waals surface area contributed by atoms with Crippen molar-refractivity contribution in [3.05, 3.63) is 40.9 Å². The molecule has 0 aliphatic carbocycles. The number of carbonyl (C=O) groups is 1. The summed E-state index contributed by atoms with van der Waals surface area (Å²) in [5, 5.41) is 42.7. The Hall–Kier alpha value is -2.72. The van der Waals surface area contributed by atoms with Crippen LogP contribution < -0.4 is 10.0 Å². The molecule has 3 unspecified atom stereocenters. The third-order valence-corrected chi connectivity index (χ3v) is 5.50. The minimum atomic E-state index is -3.51. The van der Waals surface area contributed by atoms with E-state index in [1.165, 1.54) is 17.5 Å². The van der Waals surface area contributed by atoms with Crippen molar-refractivity contribution in [2.45, 2.75) is 25.0 Å². The van der Waals surface area contributed by atoms with Gasteiger partial charge in [-0.3, -0.25) is 9.52 Å². The fraction of sp³-hybridized carbons (Fsp3) is 0.389. The van der Waals surface area contributed by atoms with E-state index in [2.05, 4.69) is 21.1 Å². The summed E-state index contributed by atoms with van der Waals surface area (Å²) in [5.74, 6) is -1.10. The van der Waals surface area contributed by atoms with E-state index in [0.717, 1.165) is 23.2 Å². The molecule has 1 heterocycles. The lowest BCUT2D eigenvalue weighted by Crippen LogP contribution is -2.40. The van der Waals surface area contributed by atoms with Gasteiger partial charge in [-0.25, -0.2) is 13.4 Å². The molecule has 0 saturated heterocycles. The predicted molar refractivity (Wildman–Crippen MR) is 110 cm³/mol. The first-order chi connectivity index (χ1) is 14.1. The molecule has 3 atom stereocenters. The highest BCUT2D eigenvalue weighted by molar-refractivity contribution is 7.92. The number of nitrogens with zero attached hydrogens (tertiary/aromatic N) is 2. The topological polar surface area (TPSA) is 173 Å². The number of phenols is 1. The predicted octanol–water partition coefficient (Wildman–Crippen LogP) is 0.444. The molecule has 1 aromatic heterocycles. The molecule has 2 aromatic rings. The molecule has 1 amide bonds. The highest BCUT2D eigenvalue weighted by Crippen LogP contribution is 2.18. The van der Waals surface area contributed by atoms with E-state index in [1.807, 2.05) is 0 Å². The molecule has 2 rings (SSSR count). The number of thiazole rings is 1. The van der Waals surface area contributed by atoms with Crippen LogP contribution in [0.15, 0.2) is 29.6 Å². The van der Waals surface area contributed by atoms with Crippen LogP contribution in [0.4, 0.5) is 5.13 Å². The highest BCUT2D eigenvalue weighted by Gasteiger charge is 2.23. The van der Waals surface area contributed by atoms with Crippen LogP contribution in [0.5, 0.6) is 5.75 Å². The number of aliphatic hydroxyl groups excluding tert-OH is 2. The van der Waals surface area contributed by atoms with Gasteiger partial charge in [-0.05, 0) is 30.5 Å². The van der Waals surface area contributed by atoms with Crippen LogP contribution in [0.1, 0.15) is 22.5 Å². The van der Waals surface area contributed by atoms with E-state index < -0.39 is 34.1 Å². The minimum Gasteiger partial charge on any atom is -0.508 e. The van der Waals surface area contributed by atoms with Crippen LogP contribution in [-0.2, 0) is 16.4 Å². The molecule has 0 radical (unpaired) electrons. The summed E-state index contributed by atoms with van der Waals surface area (Å²) in [5.41, 5.74) is 0.770. The number of sulfonamides is 1. The van der Waals surface area contributed by atoms with Crippen LogP contribution in [0.3, 0.4) is 0 Å². The maximum atomic E-state index is 12.1. The Balaban J connectivity index is 1.84. The van der Waals surface area contributed by atoms with Gasteiger partial charge < -0.3 is 20.6 Å². The van der Waals surface area contributed by atoms with E-state index in [-0.39, 0.29) is 29.5 Å². The zero-order valence-electron chi connectivity index (χ0n) is 16.0. The first-order valence-electron chi connectivity index (χ1n) is 8.82. The lowest BCUT2D eigenvalue weighted by atomic mass is 9.93. The summed E-state index contributed by atoms with van der Waals surface area (Å²) in [6.07, 6.45) is -1.26. The summed E-state index contributed by atoms with van der Waals surface area (Å²) >= 11 is 0.933. The van der Waals surface area contributed by atoms with Crippen molar-refractivity contribution in [2.75, 3.05) is 17.5 Å². The van der Waals surface area contributed by atoms with Gasteiger partial charge in [0.2, 0.25) is 10.0 Å². The second-order valence-electron chi connectivity index (χ2n) is 6.69. The van der Waals surface area contributed by atoms with Crippen LogP contribution in [0.25, 0.3) is 0 Å². The number of rotatable bonds is 10. The Morgan fingerprint density at radius 2 is 1.93 bits per heavy atom. The minimum absolute atomic E-state index is 0.00641. The normalized spacial score (nSPS) is 14.3. The third kappa shape index (κ3) is 7.60. The number of carbonyl (C=O) groups excluding carboxylic acids is 1. The Kier molecular flexibility index (Phi) is 8.13. The molecule has 1 aromatic carbocycles. The highest BCUT2D eigenvalue weighted by atomic mass is 32.2. The van der Waals surface area contributed by atoms with Crippen LogP contribution in [0.2, 0.25) is 0 Å². The van der Waals surface area contributed by atoms with E-state index >= 15 is 0 Å². The second kappa shape index (κ2) is 10.4. The zero-order chi connectivity index (χ0) is 22.3. The quantitative estimate of drug-likeness (QED) is 0.344. The standard InChI is InChI=1S/C18H22N4O6S2/c1-30(27,28)22-18-21-14(10-29-18)17(26)20-9-16(25)15(24)7-12(8-19)6-11-2-4-13(23)5-3-11/h2-5,10,12,15-16,23-25H,6-7,9H2,1H3,(H,20,26)(H,21,22). The van der Waals surface area contributed by atoms with Gasteiger partial charge in [-0.2, -0.15) is 5.26 Å². The number of aromatic hydroxyl groups is 1. The summed E-state index contributed by atoms with van der Waals surface area (Å²) in [4.78, 5) is 15.9. The first-order valence-corrected chi connectivity index (χ1v) is 11.6. The van der Waals surface area contributed by atoms with Crippen LogP contribution >= 0.6 is 11.3 Å². The number of aliphatic hydroxyl groups is 2. The zero-order valence-corrected chi connectivity index (χ0v) is 17.7. The molecule has 0 aliphatic rings. The van der Waals surface area contributed by atoms with Gasteiger partial charge >= 0.3 is 0 Å². The number of phenolic OH excluding ortho intramolecular Hbond substituents is 1. The Morgan fingerprint density at radius 3 is 2.53 bits per heavy atom. The lowest BCUT2D eigenvalue weighted by molar-refractivity contribution is 0.00986. The average Bonchev–Trinajstić information content (AvgIpc) is 3.13. The van der Waals surface area contributed by atoms with Gasteiger partial charge in [0.1, 0.15) is 11.4 Å². The number of nitriles is 1. The number of anilines is 1. The van der Waals surface area contributed by atoms with Gasteiger partial charge in [0.15, 0.2) is 5.13 Å². The SMILES string of the molecule is CS(=O)(=O)Nc1nc(C(=O)NCC(O)C(O)CC(C#N)Cc2ccc(O)cc2)cs1. The molecular formula is C18H22N4O6S2. The molecular weight excluding hydrogens is 432 g/mol. The second-order valence-corrected chi connectivity index (χ2v) is 9.30. The van der Waals surface area contributed by atoms with E-state index in [0.29, 0.717) is 6.42 Å². The molecule has 0 saturated carbocycles. The monoisotopic (exact) mass is 454 g/mol.